The highest BCUT2D eigenvalue weighted by atomic mass is 16.3. The van der Waals surface area contributed by atoms with Gasteiger partial charge in [0.15, 0.2) is 0 Å². The molecule has 2 N–H and O–H groups in total. The normalized spacial score (nSPS) is 19.5. The molecule has 2 rings (SSSR count). The van der Waals surface area contributed by atoms with E-state index in [4.69, 9.17) is 0 Å². The number of nitrogens with zero attached hydrogens (tertiary/aromatic N) is 1. The zero-order chi connectivity index (χ0) is 13.8. The van der Waals surface area contributed by atoms with Crippen LogP contribution in [-0.2, 0) is 0 Å². The molecule has 0 aliphatic carbocycles. The van der Waals surface area contributed by atoms with Gasteiger partial charge in [-0.15, -0.1) is 0 Å². The fourth-order valence-electron chi connectivity index (χ4n) is 2.74. The zero-order valence-electron chi connectivity index (χ0n) is 12.3. The van der Waals surface area contributed by atoms with E-state index in [0.29, 0.717) is 5.75 Å². The Balaban J connectivity index is 1.87. The Morgan fingerprint density at radius 3 is 2.74 bits per heavy atom. The Morgan fingerprint density at radius 2 is 2.05 bits per heavy atom. The van der Waals surface area contributed by atoms with E-state index >= 15 is 0 Å². The van der Waals surface area contributed by atoms with Crippen molar-refractivity contribution in [3.63, 3.8) is 0 Å². The average molecular weight is 262 g/mol. The van der Waals surface area contributed by atoms with Crippen molar-refractivity contribution in [3.8, 4) is 5.75 Å². The third-order valence-electron chi connectivity index (χ3n) is 4.20. The van der Waals surface area contributed by atoms with Crippen LogP contribution in [0.15, 0.2) is 18.2 Å². The van der Waals surface area contributed by atoms with Gasteiger partial charge in [-0.3, -0.25) is 0 Å². The SMILES string of the molecule is Cc1ccc(O)c(C(C)NCC2CCN(C)CC2)c1. The Morgan fingerprint density at radius 1 is 1.37 bits per heavy atom. The molecular weight excluding hydrogens is 236 g/mol. The summed E-state index contributed by atoms with van der Waals surface area (Å²) in [7, 11) is 2.19. The Labute approximate surface area is 116 Å². The van der Waals surface area contributed by atoms with Crippen molar-refractivity contribution in [2.45, 2.75) is 32.7 Å². The summed E-state index contributed by atoms with van der Waals surface area (Å²) in [6.45, 7) is 7.64. The second kappa shape index (κ2) is 6.40. The smallest absolute Gasteiger partial charge is 0.120 e. The Bertz CT molecular complexity index is 411. The lowest BCUT2D eigenvalue weighted by Gasteiger charge is -2.30. The fourth-order valence-corrected chi connectivity index (χ4v) is 2.74. The first-order valence-corrected chi connectivity index (χ1v) is 7.27. The van der Waals surface area contributed by atoms with Crippen molar-refractivity contribution in [3.05, 3.63) is 29.3 Å². The van der Waals surface area contributed by atoms with Crippen LogP contribution in [0.3, 0.4) is 0 Å². The van der Waals surface area contributed by atoms with E-state index in [9.17, 15) is 5.11 Å². The van der Waals surface area contributed by atoms with Gasteiger partial charge in [0, 0.05) is 11.6 Å². The predicted octanol–water partition coefficient (Wildman–Crippen LogP) is 2.69. The number of likely N-dealkylation sites (tertiary alicyclic amines) is 1. The van der Waals surface area contributed by atoms with E-state index in [1.807, 2.05) is 6.07 Å². The summed E-state index contributed by atoms with van der Waals surface area (Å²) in [5.41, 5.74) is 2.20. The number of hydrogen-bond acceptors (Lipinski definition) is 3. The molecule has 19 heavy (non-hydrogen) atoms. The lowest BCUT2D eigenvalue weighted by atomic mass is 9.96. The molecule has 1 saturated heterocycles. The Kier molecular flexibility index (Phi) is 4.83. The minimum atomic E-state index is 0.208. The van der Waals surface area contributed by atoms with E-state index in [1.54, 1.807) is 6.07 Å². The monoisotopic (exact) mass is 262 g/mol. The first-order chi connectivity index (χ1) is 9.06. The number of hydrogen-bond donors (Lipinski definition) is 2. The van der Waals surface area contributed by atoms with Gasteiger partial charge in [0.25, 0.3) is 0 Å². The summed E-state index contributed by atoms with van der Waals surface area (Å²) in [6, 6.07) is 6.02. The molecule has 3 heteroatoms. The first-order valence-electron chi connectivity index (χ1n) is 7.27. The number of aromatic hydroxyl groups is 1. The molecule has 0 spiro atoms. The van der Waals surface area contributed by atoms with Crippen molar-refractivity contribution in [1.29, 1.82) is 0 Å². The number of phenolic OH excluding ortho intramolecular Hbond substituents is 1. The second-order valence-corrected chi connectivity index (χ2v) is 5.94. The van der Waals surface area contributed by atoms with Gasteiger partial charge in [0.1, 0.15) is 5.75 Å². The van der Waals surface area contributed by atoms with Crippen LogP contribution in [0.2, 0.25) is 0 Å². The summed E-state index contributed by atoms with van der Waals surface area (Å²) in [6.07, 6.45) is 2.55. The highest BCUT2D eigenvalue weighted by Crippen LogP contribution is 2.25. The van der Waals surface area contributed by atoms with Crippen LogP contribution in [0.5, 0.6) is 5.75 Å². The maximum Gasteiger partial charge on any atom is 0.120 e. The molecule has 1 fully saturated rings. The number of piperidine rings is 1. The van der Waals surface area contributed by atoms with Gasteiger partial charge in [0.05, 0.1) is 0 Å². The van der Waals surface area contributed by atoms with Crippen LogP contribution in [0.1, 0.15) is 36.9 Å². The van der Waals surface area contributed by atoms with Gasteiger partial charge in [0.2, 0.25) is 0 Å². The number of phenols is 1. The minimum absolute atomic E-state index is 0.208. The summed E-state index contributed by atoms with van der Waals surface area (Å²) in [4.78, 5) is 2.40. The topological polar surface area (TPSA) is 35.5 Å². The molecule has 1 unspecified atom stereocenters. The molecule has 0 radical (unpaired) electrons. The molecule has 0 bridgehead atoms. The van der Waals surface area contributed by atoms with Gasteiger partial charge in [-0.05, 0) is 65.4 Å². The molecule has 1 heterocycles. The summed E-state index contributed by atoms with van der Waals surface area (Å²) in [5, 5.41) is 13.5. The molecule has 1 aliphatic rings. The minimum Gasteiger partial charge on any atom is -0.508 e. The predicted molar refractivity (Wildman–Crippen MR) is 79.5 cm³/mol. The molecule has 1 aromatic rings. The molecule has 1 aliphatic heterocycles. The molecule has 0 amide bonds. The van der Waals surface area contributed by atoms with Gasteiger partial charge >= 0.3 is 0 Å². The van der Waals surface area contributed by atoms with E-state index in [1.165, 1.54) is 31.5 Å². The lowest BCUT2D eigenvalue weighted by Crippen LogP contribution is -2.35. The van der Waals surface area contributed by atoms with Crippen molar-refractivity contribution in [2.75, 3.05) is 26.7 Å². The van der Waals surface area contributed by atoms with Crippen LogP contribution < -0.4 is 5.32 Å². The maximum absolute atomic E-state index is 9.93. The van der Waals surface area contributed by atoms with Crippen molar-refractivity contribution >= 4 is 0 Å². The third kappa shape index (κ3) is 3.95. The molecule has 3 nitrogen and oxygen atoms in total. The molecule has 0 saturated carbocycles. The van der Waals surface area contributed by atoms with Crippen LogP contribution in [0.25, 0.3) is 0 Å². The van der Waals surface area contributed by atoms with Crippen LogP contribution in [0, 0.1) is 12.8 Å². The van der Waals surface area contributed by atoms with Gasteiger partial charge in [-0.25, -0.2) is 0 Å². The number of benzene rings is 1. The van der Waals surface area contributed by atoms with Crippen molar-refractivity contribution in [2.24, 2.45) is 5.92 Å². The molecule has 106 valence electrons. The van der Waals surface area contributed by atoms with E-state index < -0.39 is 0 Å². The standard InChI is InChI=1S/C16H26N2O/c1-12-4-5-16(19)15(10-12)13(2)17-11-14-6-8-18(3)9-7-14/h4-5,10,13-14,17,19H,6-9,11H2,1-3H3. The van der Waals surface area contributed by atoms with E-state index in [2.05, 4.69) is 37.2 Å². The van der Waals surface area contributed by atoms with Gasteiger partial charge in [-0.2, -0.15) is 0 Å². The fraction of sp³-hybridized carbons (Fsp3) is 0.625. The van der Waals surface area contributed by atoms with Crippen molar-refractivity contribution in [1.82, 2.24) is 10.2 Å². The van der Waals surface area contributed by atoms with Crippen LogP contribution in [-0.4, -0.2) is 36.7 Å². The summed E-state index contributed by atoms with van der Waals surface area (Å²) < 4.78 is 0. The summed E-state index contributed by atoms with van der Waals surface area (Å²) in [5.74, 6) is 1.17. The number of nitrogens with one attached hydrogen (secondary N) is 1. The third-order valence-corrected chi connectivity index (χ3v) is 4.20. The van der Waals surface area contributed by atoms with Gasteiger partial charge < -0.3 is 15.3 Å². The van der Waals surface area contributed by atoms with Crippen molar-refractivity contribution < 1.29 is 5.11 Å². The largest absolute Gasteiger partial charge is 0.508 e. The lowest BCUT2D eigenvalue weighted by molar-refractivity contribution is 0.213. The second-order valence-electron chi connectivity index (χ2n) is 5.94. The molecule has 0 aromatic heterocycles. The zero-order valence-corrected chi connectivity index (χ0v) is 12.3. The van der Waals surface area contributed by atoms with Crippen LogP contribution in [0.4, 0.5) is 0 Å². The average Bonchev–Trinajstić information content (AvgIpc) is 2.40. The summed E-state index contributed by atoms with van der Waals surface area (Å²) >= 11 is 0. The quantitative estimate of drug-likeness (QED) is 0.876. The van der Waals surface area contributed by atoms with Gasteiger partial charge in [-0.1, -0.05) is 17.7 Å². The number of aryl methyl sites for hydroxylation is 1. The van der Waals surface area contributed by atoms with E-state index in [-0.39, 0.29) is 6.04 Å². The molecular formula is C16H26N2O. The Hall–Kier alpha value is -1.06. The first kappa shape index (κ1) is 14.4. The molecule has 1 aromatic carbocycles. The highest BCUT2D eigenvalue weighted by Gasteiger charge is 2.18. The van der Waals surface area contributed by atoms with E-state index in [0.717, 1.165) is 18.0 Å². The van der Waals surface area contributed by atoms with Crippen LogP contribution >= 0.6 is 0 Å². The number of rotatable bonds is 4. The maximum atomic E-state index is 9.93. The molecule has 1 atom stereocenters. The highest BCUT2D eigenvalue weighted by molar-refractivity contribution is 5.37.